The highest BCUT2D eigenvalue weighted by Gasteiger charge is 2.14. The SMILES string of the molecule is CSc1nc2ccccc2c(NCCn2cccn2)c1C#N. The fraction of sp³-hybridized carbons (Fsp3) is 0.188. The van der Waals surface area contributed by atoms with Gasteiger partial charge in [0.15, 0.2) is 0 Å². The maximum Gasteiger partial charge on any atom is 0.116 e. The molecule has 2 aromatic heterocycles. The molecule has 1 N–H and O–H groups in total. The van der Waals surface area contributed by atoms with Crippen LogP contribution in [-0.2, 0) is 6.54 Å². The topological polar surface area (TPSA) is 66.5 Å². The lowest BCUT2D eigenvalue weighted by atomic mass is 10.1. The molecule has 0 aliphatic rings. The summed E-state index contributed by atoms with van der Waals surface area (Å²) in [6.07, 6.45) is 5.62. The maximum atomic E-state index is 9.51. The van der Waals surface area contributed by atoms with Crippen molar-refractivity contribution in [1.82, 2.24) is 14.8 Å². The predicted molar refractivity (Wildman–Crippen MR) is 89.0 cm³/mol. The zero-order valence-corrected chi connectivity index (χ0v) is 13.0. The van der Waals surface area contributed by atoms with Crippen molar-refractivity contribution < 1.29 is 0 Å². The Kier molecular flexibility index (Phi) is 4.26. The molecule has 3 rings (SSSR count). The van der Waals surface area contributed by atoms with E-state index in [0.717, 1.165) is 28.2 Å². The highest BCUT2D eigenvalue weighted by atomic mass is 32.2. The summed E-state index contributed by atoms with van der Waals surface area (Å²) in [5, 5.41) is 18.8. The molecule has 0 unspecified atom stereocenters. The van der Waals surface area contributed by atoms with Gasteiger partial charge in [0, 0.05) is 24.3 Å². The first-order valence-electron chi connectivity index (χ1n) is 6.91. The number of nitrogens with zero attached hydrogens (tertiary/aromatic N) is 4. The van der Waals surface area contributed by atoms with Gasteiger partial charge in [-0.15, -0.1) is 11.8 Å². The molecule has 0 aliphatic heterocycles. The van der Waals surface area contributed by atoms with E-state index in [1.807, 2.05) is 47.5 Å². The first-order chi connectivity index (χ1) is 10.8. The van der Waals surface area contributed by atoms with Gasteiger partial charge in [-0.05, 0) is 18.4 Å². The molecule has 0 amide bonds. The molecule has 0 bridgehead atoms. The number of pyridine rings is 1. The fourth-order valence-corrected chi connectivity index (χ4v) is 2.89. The van der Waals surface area contributed by atoms with Crippen LogP contribution in [0.25, 0.3) is 10.9 Å². The summed E-state index contributed by atoms with van der Waals surface area (Å²) in [4.78, 5) is 4.57. The Morgan fingerprint density at radius 3 is 2.91 bits per heavy atom. The first kappa shape index (κ1) is 14.4. The van der Waals surface area contributed by atoms with Crippen LogP contribution >= 0.6 is 11.8 Å². The van der Waals surface area contributed by atoms with Crippen molar-refractivity contribution in [2.75, 3.05) is 18.1 Å². The maximum absolute atomic E-state index is 9.51. The van der Waals surface area contributed by atoms with Crippen LogP contribution in [0.3, 0.4) is 0 Å². The zero-order valence-electron chi connectivity index (χ0n) is 12.2. The summed E-state index contributed by atoms with van der Waals surface area (Å²) in [6, 6.07) is 12.1. The number of anilines is 1. The molecule has 0 fully saturated rings. The number of hydrogen-bond donors (Lipinski definition) is 1. The minimum absolute atomic E-state index is 0.603. The monoisotopic (exact) mass is 309 g/mol. The van der Waals surface area contributed by atoms with E-state index < -0.39 is 0 Å². The average molecular weight is 309 g/mol. The lowest BCUT2D eigenvalue weighted by Crippen LogP contribution is -2.12. The second-order valence-corrected chi connectivity index (χ2v) is 5.49. The number of benzene rings is 1. The molecular weight excluding hydrogens is 294 g/mol. The molecule has 0 atom stereocenters. The number of fused-ring (bicyclic) bond motifs is 1. The van der Waals surface area contributed by atoms with Crippen LogP contribution in [0.5, 0.6) is 0 Å². The highest BCUT2D eigenvalue weighted by molar-refractivity contribution is 7.98. The molecular formula is C16H15N5S. The van der Waals surface area contributed by atoms with Gasteiger partial charge in [-0.2, -0.15) is 10.4 Å². The number of hydrogen-bond acceptors (Lipinski definition) is 5. The molecule has 3 aromatic rings. The van der Waals surface area contributed by atoms with Crippen LogP contribution in [0, 0.1) is 11.3 Å². The molecule has 0 spiro atoms. The van der Waals surface area contributed by atoms with E-state index in [1.54, 1.807) is 6.20 Å². The minimum Gasteiger partial charge on any atom is -0.381 e. The molecule has 0 saturated heterocycles. The third-order valence-corrected chi connectivity index (χ3v) is 4.05. The molecule has 5 nitrogen and oxygen atoms in total. The van der Waals surface area contributed by atoms with Gasteiger partial charge in [0.1, 0.15) is 16.7 Å². The number of thioether (sulfide) groups is 1. The van der Waals surface area contributed by atoms with Gasteiger partial charge in [-0.25, -0.2) is 4.98 Å². The fourth-order valence-electron chi connectivity index (χ4n) is 2.35. The Balaban J connectivity index is 1.96. The van der Waals surface area contributed by atoms with Crippen LogP contribution in [-0.4, -0.2) is 27.6 Å². The van der Waals surface area contributed by atoms with Crippen molar-refractivity contribution in [2.24, 2.45) is 0 Å². The van der Waals surface area contributed by atoms with Gasteiger partial charge in [0.2, 0.25) is 0 Å². The molecule has 0 aliphatic carbocycles. The van der Waals surface area contributed by atoms with E-state index in [2.05, 4.69) is 21.5 Å². The van der Waals surface area contributed by atoms with E-state index >= 15 is 0 Å². The standard InChI is InChI=1S/C16H15N5S/c1-22-16-13(11-17)15(12-5-2-3-6-14(12)20-16)18-8-10-21-9-4-7-19-21/h2-7,9H,8,10H2,1H3,(H,18,20). The lowest BCUT2D eigenvalue weighted by molar-refractivity contribution is 0.638. The molecule has 1 aromatic carbocycles. The van der Waals surface area contributed by atoms with Crippen LogP contribution < -0.4 is 5.32 Å². The number of nitrogens with one attached hydrogen (secondary N) is 1. The zero-order chi connectivity index (χ0) is 15.4. The average Bonchev–Trinajstić information content (AvgIpc) is 3.07. The smallest absolute Gasteiger partial charge is 0.116 e. The van der Waals surface area contributed by atoms with Gasteiger partial charge in [-0.3, -0.25) is 4.68 Å². The summed E-state index contributed by atoms with van der Waals surface area (Å²) in [5.41, 5.74) is 2.35. The van der Waals surface area contributed by atoms with Crippen molar-refractivity contribution in [3.63, 3.8) is 0 Å². The van der Waals surface area contributed by atoms with Crippen molar-refractivity contribution in [3.8, 4) is 6.07 Å². The van der Waals surface area contributed by atoms with Crippen molar-refractivity contribution in [3.05, 3.63) is 48.3 Å². The molecule has 0 saturated carbocycles. The number of nitriles is 1. The molecule has 110 valence electrons. The Hall–Kier alpha value is -2.52. The molecule has 22 heavy (non-hydrogen) atoms. The summed E-state index contributed by atoms with van der Waals surface area (Å²) < 4.78 is 1.86. The summed E-state index contributed by atoms with van der Waals surface area (Å²) in [5.74, 6) is 0. The summed E-state index contributed by atoms with van der Waals surface area (Å²) in [6.45, 7) is 1.43. The van der Waals surface area contributed by atoms with E-state index in [-0.39, 0.29) is 0 Å². The number of rotatable bonds is 5. The van der Waals surface area contributed by atoms with Crippen LogP contribution in [0.15, 0.2) is 47.8 Å². The van der Waals surface area contributed by atoms with Crippen LogP contribution in [0.1, 0.15) is 5.56 Å². The third-order valence-electron chi connectivity index (χ3n) is 3.37. The van der Waals surface area contributed by atoms with Crippen molar-refractivity contribution in [2.45, 2.75) is 11.6 Å². The second-order valence-electron chi connectivity index (χ2n) is 4.70. The van der Waals surface area contributed by atoms with Gasteiger partial charge < -0.3 is 5.32 Å². The van der Waals surface area contributed by atoms with Crippen LogP contribution in [0.4, 0.5) is 5.69 Å². The normalized spacial score (nSPS) is 10.5. The Morgan fingerprint density at radius 1 is 1.32 bits per heavy atom. The van der Waals surface area contributed by atoms with Gasteiger partial charge in [0.05, 0.1) is 17.7 Å². The Bertz CT molecular complexity index is 820. The third kappa shape index (κ3) is 2.76. The summed E-state index contributed by atoms with van der Waals surface area (Å²) >= 11 is 1.49. The Morgan fingerprint density at radius 2 is 2.18 bits per heavy atom. The van der Waals surface area contributed by atoms with E-state index in [9.17, 15) is 5.26 Å². The van der Waals surface area contributed by atoms with E-state index in [1.165, 1.54) is 11.8 Å². The van der Waals surface area contributed by atoms with Crippen molar-refractivity contribution in [1.29, 1.82) is 5.26 Å². The van der Waals surface area contributed by atoms with E-state index in [0.29, 0.717) is 12.1 Å². The first-order valence-corrected chi connectivity index (χ1v) is 8.14. The Labute approximate surface area is 133 Å². The molecule has 6 heteroatoms. The quantitative estimate of drug-likeness (QED) is 0.733. The van der Waals surface area contributed by atoms with Crippen molar-refractivity contribution >= 4 is 28.4 Å². The largest absolute Gasteiger partial charge is 0.381 e. The second kappa shape index (κ2) is 6.50. The molecule has 0 radical (unpaired) electrons. The van der Waals surface area contributed by atoms with Gasteiger partial charge in [0.25, 0.3) is 0 Å². The summed E-state index contributed by atoms with van der Waals surface area (Å²) in [7, 11) is 0. The lowest BCUT2D eigenvalue weighted by Gasteiger charge is -2.13. The number of aromatic nitrogens is 3. The van der Waals surface area contributed by atoms with E-state index in [4.69, 9.17) is 0 Å². The highest BCUT2D eigenvalue weighted by Crippen LogP contribution is 2.31. The number of para-hydroxylation sites is 1. The minimum atomic E-state index is 0.603. The van der Waals surface area contributed by atoms with Crippen LogP contribution in [0.2, 0.25) is 0 Å². The predicted octanol–water partition coefficient (Wildman–Crippen LogP) is 3.14. The molecule has 2 heterocycles. The van der Waals surface area contributed by atoms with Gasteiger partial charge in [-0.1, -0.05) is 18.2 Å². The van der Waals surface area contributed by atoms with Gasteiger partial charge >= 0.3 is 0 Å².